The van der Waals surface area contributed by atoms with Crippen molar-refractivity contribution in [1.82, 2.24) is 29.7 Å². The van der Waals surface area contributed by atoms with Gasteiger partial charge in [-0.1, -0.05) is 0 Å². The van der Waals surface area contributed by atoms with Crippen molar-refractivity contribution in [3.8, 4) is 0 Å². The third-order valence-electron chi connectivity index (χ3n) is 5.72. The number of carbonyl (C=O) groups excluding carboxylic acids is 2. The molecule has 0 spiro atoms. The van der Waals surface area contributed by atoms with Gasteiger partial charge < -0.3 is 9.80 Å². The number of likely N-dealkylation sites (tertiary alicyclic amines) is 2. The third-order valence-corrected chi connectivity index (χ3v) is 5.72. The standard InChI is InChI=1S/C21H26N6O2/c1-15-16(20(28)26-10-4-2-5-11-26)13-24-19(25-15)18-7-3-6-12-27(18)21(29)17-14-22-8-9-23-17/h8-9,13-14,18H,2-7,10-12H2,1H3/t18-/m0/s1. The van der Waals surface area contributed by atoms with Crippen LogP contribution in [0.25, 0.3) is 0 Å². The highest BCUT2D eigenvalue weighted by Gasteiger charge is 2.32. The second kappa shape index (κ2) is 8.63. The molecule has 2 amide bonds. The first-order valence-corrected chi connectivity index (χ1v) is 10.3. The van der Waals surface area contributed by atoms with Gasteiger partial charge in [0.05, 0.1) is 23.5 Å². The summed E-state index contributed by atoms with van der Waals surface area (Å²) in [6, 6.07) is -0.212. The summed E-state index contributed by atoms with van der Waals surface area (Å²) < 4.78 is 0. The van der Waals surface area contributed by atoms with E-state index in [1.54, 1.807) is 17.3 Å². The Morgan fingerprint density at radius 2 is 1.72 bits per heavy atom. The molecule has 0 unspecified atom stereocenters. The number of nitrogens with zero attached hydrogens (tertiary/aromatic N) is 6. The van der Waals surface area contributed by atoms with E-state index in [0.29, 0.717) is 29.3 Å². The van der Waals surface area contributed by atoms with Gasteiger partial charge >= 0.3 is 0 Å². The van der Waals surface area contributed by atoms with Crippen LogP contribution < -0.4 is 0 Å². The minimum atomic E-state index is -0.212. The minimum Gasteiger partial charge on any atom is -0.339 e. The molecule has 4 rings (SSSR count). The molecule has 8 heteroatoms. The number of piperidine rings is 2. The van der Waals surface area contributed by atoms with Crippen molar-refractivity contribution >= 4 is 11.8 Å². The Hall–Kier alpha value is -2.90. The molecule has 0 saturated carbocycles. The second-order valence-electron chi connectivity index (χ2n) is 7.68. The van der Waals surface area contributed by atoms with Crippen LogP contribution in [0.15, 0.2) is 24.8 Å². The summed E-state index contributed by atoms with van der Waals surface area (Å²) >= 11 is 0. The summed E-state index contributed by atoms with van der Waals surface area (Å²) in [7, 11) is 0. The van der Waals surface area contributed by atoms with E-state index < -0.39 is 0 Å². The van der Waals surface area contributed by atoms with E-state index in [-0.39, 0.29) is 17.9 Å². The van der Waals surface area contributed by atoms with Gasteiger partial charge in [0.2, 0.25) is 0 Å². The lowest BCUT2D eigenvalue weighted by molar-refractivity contribution is 0.0591. The summed E-state index contributed by atoms with van der Waals surface area (Å²) in [5.74, 6) is 0.442. The highest BCUT2D eigenvalue weighted by molar-refractivity contribution is 5.95. The molecule has 4 heterocycles. The van der Waals surface area contributed by atoms with Crippen LogP contribution >= 0.6 is 0 Å². The van der Waals surface area contributed by atoms with Gasteiger partial charge in [-0.25, -0.2) is 15.0 Å². The molecule has 0 bridgehead atoms. The first-order chi connectivity index (χ1) is 14.1. The van der Waals surface area contributed by atoms with Crippen molar-refractivity contribution in [3.63, 3.8) is 0 Å². The van der Waals surface area contributed by atoms with Gasteiger partial charge in [0.1, 0.15) is 5.69 Å². The van der Waals surface area contributed by atoms with Crippen LogP contribution in [0.5, 0.6) is 0 Å². The van der Waals surface area contributed by atoms with Crippen LogP contribution in [-0.4, -0.2) is 61.2 Å². The Morgan fingerprint density at radius 1 is 0.931 bits per heavy atom. The van der Waals surface area contributed by atoms with E-state index >= 15 is 0 Å². The molecule has 1 atom stereocenters. The number of hydrogen-bond acceptors (Lipinski definition) is 6. The zero-order valence-electron chi connectivity index (χ0n) is 16.8. The Kier molecular flexibility index (Phi) is 5.78. The molecule has 2 fully saturated rings. The summed E-state index contributed by atoms with van der Waals surface area (Å²) in [5.41, 5.74) is 1.55. The van der Waals surface area contributed by atoms with Crippen LogP contribution in [-0.2, 0) is 0 Å². The van der Waals surface area contributed by atoms with Crippen LogP contribution in [0.1, 0.15) is 76.9 Å². The first-order valence-electron chi connectivity index (χ1n) is 10.3. The van der Waals surface area contributed by atoms with Crippen molar-refractivity contribution in [1.29, 1.82) is 0 Å². The average Bonchev–Trinajstić information content (AvgIpc) is 2.79. The van der Waals surface area contributed by atoms with Crippen molar-refractivity contribution in [3.05, 3.63) is 47.6 Å². The Labute approximate surface area is 170 Å². The maximum absolute atomic E-state index is 13.0. The molecule has 2 aliphatic heterocycles. The van der Waals surface area contributed by atoms with Gasteiger partial charge in [0.15, 0.2) is 5.82 Å². The molecule has 0 aromatic carbocycles. The predicted molar refractivity (Wildman–Crippen MR) is 106 cm³/mol. The fourth-order valence-electron chi connectivity index (χ4n) is 4.12. The minimum absolute atomic E-state index is 0.00452. The van der Waals surface area contributed by atoms with Gasteiger partial charge in [-0.2, -0.15) is 0 Å². The normalized spacial score (nSPS) is 19.8. The quantitative estimate of drug-likeness (QED) is 0.794. The molecule has 2 saturated heterocycles. The van der Waals surface area contributed by atoms with Gasteiger partial charge in [-0.3, -0.25) is 14.6 Å². The molecule has 0 radical (unpaired) electrons. The molecular formula is C21H26N6O2. The van der Waals surface area contributed by atoms with E-state index in [1.807, 2.05) is 11.8 Å². The molecule has 2 aromatic rings. The van der Waals surface area contributed by atoms with Crippen LogP contribution in [0.2, 0.25) is 0 Å². The van der Waals surface area contributed by atoms with E-state index in [1.165, 1.54) is 18.8 Å². The number of aromatic nitrogens is 4. The number of hydrogen-bond donors (Lipinski definition) is 0. The summed E-state index contributed by atoms with van der Waals surface area (Å²) in [6.45, 7) is 4.07. The molecule has 8 nitrogen and oxygen atoms in total. The van der Waals surface area contributed by atoms with Crippen molar-refractivity contribution in [2.24, 2.45) is 0 Å². The number of amides is 2. The number of rotatable bonds is 3. The highest BCUT2D eigenvalue weighted by Crippen LogP contribution is 2.30. The topological polar surface area (TPSA) is 92.2 Å². The average molecular weight is 394 g/mol. The lowest BCUT2D eigenvalue weighted by atomic mass is 10.0. The van der Waals surface area contributed by atoms with Crippen LogP contribution in [0, 0.1) is 6.92 Å². The largest absolute Gasteiger partial charge is 0.339 e. The van der Waals surface area contributed by atoms with E-state index in [2.05, 4.69) is 19.9 Å². The SMILES string of the molecule is Cc1nc([C@@H]2CCCCN2C(=O)c2cnccn2)ncc1C(=O)N1CCCCC1. The summed E-state index contributed by atoms with van der Waals surface area (Å²) in [6.07, 6.45) is 12.2. The third kappa shape index (κ3) is 4.11. The molecule has 2 aromatic heterocycles. The molecule has 152 valence electrons. The van der Waals surface area contributed by atoms with Crippen molar-refractivity contribution in [2.75, 3.05) is 19.6 Å². The zero-order chi connectivity index (χ0) is 20.2. The molecule has 2 aliphatic rings. The Morgan fingerprint density at radius 3 is 2.45 bits per heavy atom. The Bertz CT molecular complexity index is 882. The maximum Gasteiger partial charge on any atom is 0.274 e. The van der Waals surface area contributed by atoms with Crippen molar-refractivity contribution < 1.29 is 9.59 Å². The van der Waals surface area contributed by atoms with Gasteiger partial charge in [-0.05, 0) is 45.4 Å². The predicted octanol–water partition coefficient (Wildman–Crippen LogP) is 2.57. The van der Waals surface area contributed by atoms with E-state index in [9.17, 15) is 9.59 Å². The van der Waals surface area contributed by atoms with E-state index in [4.69, 9.17) is 0 Å². The fraction of sp³-hybridized carbons (Fsp3) is 0.524. The van der Waals surface area contributed by atoms with E-state index in [0.717, 1.165) is 45.2 Å². The molecule has 0 N–H and O–H groups in total. The lowest BCUT2D eigenvalue weighted by Gasteiger charge is -2.34. The molecular weight excluding hydrogens is 368 g/mol. The van der Waals surface area contributed by atoms with Crippen LogP contribution in [0.3, 0.4) is 0 Å². The number of aryl methyl sites for hydroxylation is 1. The van der Waals surface area contributed by atoms with Gasteiger partial charge in [-0.15, -0.1) is 0 Å². The van der Waals surface area contributed by atoms with Crippen LogP contribution in [0.4, 0.5) is 0 Å². The smallest absolute Gasteiger partial charge is 0.274 e. The Balaban J connectivity index is 1.57. The molecule has 29 heavy (non-hydrogen) atoms. The van der Waals surface area contributed by atoms with Gasteiger partial charge in [0, 0.05) is 38.2 Å². The highest BCUT2D eigenvalue weighted by atomic mass is 16.2. The van der Waals surface area contributed by atoms with Gasteiger partial charge in [0.25, 0.3) is 11.8 Å². The second-order valence-corrected chi connectivity index (χ2v) is 7.68. The fourth-order valence-corrected chi connectivity index (χ4v) is 4.12. The summed E-state index contributed by atoms with van der Waals surface area (Å²) in [5, 5.41) is 0. The number of carbonyl (C=O) groups is 2. The van der Waals surface area contributed by atoms with Crippen molar-refractivity contribution in [2.45, 2.75) is 51.5 Å². The monoisotopic (exact) mass is 394 g/mol. The lowest BCUT2D eigenvalue weighted by Crippen LogP contribution is -2.40. The molecule has 0 aliphatic carbocycles. The zero-order valence-corrected chi connectivity index (χ0v) is 16.8. The first kappa shape index (κ1) is 19.4. The maximum atomic E-state index is 13.0. The summed E-state index contributed by atoms with van der Waals surface area (Å²) in [4.78, 5) is 46.8.